The lowest BCUT2D eigenvalue weighted by molar-refractivity contribution is -0.139. The Kier molecular flexibility index (Phi) is 10.3. The van der Waals surface area contributed by atoms with Crippen LogP contribution >= 0.6 is 0 Å². The van der Waals surface area contributed by atoms with Gasteiger partial charge in [0.05, 0.1) is 37.8 Å². The Morgan fingerprint density at radius 3 is 2.49 bits per heavy atom. The average Bonchev–Trinajstić information content (AvgIpc) is 2.87. The number of morpholine rings is 1. The second kappa shape index (κ2) is 13.6. The number of alkyl carbamates (subject to hydrolysis) is 1. The van der Waals surface area contributed by atoms with Gasteiger partial charge in [-0.1, -0.05) is 54.6 Å². The molecule has 0 saturated carbocycles. The first-order chi connectivity index (χ1) is 17.8. The lowest BCUT2D eigenvalue weighted by Crippen LogP contribution is -2.52. The van der Waals surface area contributed by atoms with Gasteiger partial charge in [-0.25, -0.2) is 4.79 Å². The Morgan fingerprint density at radius 2 is 1.84 bits per heavy atom. The predicted octanol–water partition coefficient (Wildman–Crippen LogP) is 2.12. The fourth-order valence-corrected chi connectivity index (χ4v) is 4.24. The monoisotopic (exact) mass is 505 g/mol. The summed E-state index contributed by atoms with van der Waals surface area (Å²) in [5.41, 5.74) is 2.42. The molecule has 0 radical (unpaired) electrons. The van der Waals surface area contributed by atoms with Crippen LogP contribution < -0.4 is 5.32 Å². The highest BCUT2D eigenvalue weighted by molar-refractivity contribution is 6.43. The number of nitriles is 1. The average molecular weight is 505 g/mol. The van der Waals surface area contributed by atoms with Crippen molar-refractivity contribution in [1.82, 2.24) is 10.2 Å². The van der Waals surface area contributed by atoms with E-state index >= 15 is 0 Å². The second-order valence-corrected chi connectivity index (χ2v) is 9.10. The van der Waals surface area contributed by atoms with Gasteiger partial charge in [0, 0.05) is 6.42 Å². The van der Waals surface area contributed by atoms with Crippen LogP contribution in [0.4, 0.5) is 4.79 Å². The van der Waals surface area contributed by atoms with Crippen LogP contribution in [-0.4, -0.2) is 71.9 Å². The lowest BCUT2D eigenvalue weighted by Gasteiger charge is -2.38. The topological polar surface area (TPSA) is 132 Å². The molecule has 1 fully saturated rings. The van der Waals surface area contributed by atoms with Crippen molar-refractivity contribution in [2.45, 2.75) is 44.7 Å². The van der Waals surface area contributed by atoms with Crippen LogP contribution in [0.25, 0.3) is 6.08 Å². The summed E-state index contributed by atoms with van der Waals surface area (Å²) in [5.74, 6) is -1.24. The molecule has 2 amide bonds. The molecular weight excluding hydrogens is 473 g/mol. The molecule has 2 aromatic rings. The van der Waals surface area contributed by atoms with Crippen molar-refractivity contribution in [3.63, 3.8) is 0 Å². The zero-order valence-electron chi connectivity index (χ0n) is 21.0. The van der Waals surface area contributed by atoms with Crippen molar-refractivity contribution in [3.05, 3.63) is 76.9 Å². The fraction of sp³-hybridized carbons (Fsp3) is 0.370. The van der Waals surface area contributed by atoms with E-state index in [0.717, 1.165) is 11.1 Å². The molecule has 0 spiro atoms. The molecule has 0 aliphatic carbocycles. The smallest absolute Gasteiger partial charge is 0.449 e. The molecule has 1 saturated heterocycles. The van der Waals surface area contributed by atoms with E-state index in [2.05, 4.69) is 5.32 Å². The molecule has 10 heteroatoms. The van der Waals surface area contributed by atoms with Crippen LogP contribution in [-0.2, 0) is 27.1 Å². The summed E-state index contributed by atoms with van der Waals surface area (Å²) in [6, 6.07) is 18.2. The zero-order chi connectivity index (χ0) is 26.8. The third-order valence-corrected chi connectivity index (χ3v) is 6.10. The van der Waals surface area contributed by atoms with Crippen molar-refractivity contribution >= 4 is 25.2 Å². The van der Waals surface area contributed by atoms with Gasteiger partial charge in [0.15, 0.2) is 0 Å². The maximum absolute atomic E-state index is 13.0. The SMILES string of the molecule is C[C@H]1COC[C@H](C)N1C(=O)C(C#N)=Cc1cccc(CCOC(=O)NC(Cc2ccccc2)B(O)O)c1. The lowest BCUT2D eigenvalue weighted by atomic mass is 9.76. The number of carbonyl (C=O) groups excluding carboxylic acids is 2. The number of ether oxygens (including phenoxy) is 2. The number of rotatable bonds is 9. The number of amides is 2. The Hall–Kier alpha value is -3.65. The molecule has 37 heavy (non-hydrogen) atoms. The van der Waals surface area contributed by atoms with Crippen LogP contribution in [0.1, 0.15) is 30.5 Å². The van der Waals surface area contributed by atoms with Crippen molar-refractivity contribution in [1.29, 1.82) is 5.26 Å². The second-order valence-electron chi connectivity index (χ2n) is 9.10. The number of hydrogen-bond acceptors (Lipinski definition) is 7. The van der Waals surface area contributed by atoms with E-state index in [-0.39, 0.29) is 36.6 Å². The molecule has 3 atom stereocenters. The van der Waals surface area contributed by atoms with E-state index in [0.29, 0.717) is 25.2 Å². The molecule has 1 heterocycles. The highest BCUT2D eigenvalue weighted by Crippen LogP contribution is 2.19. The van der Waals surface area contributed by atoms with E-state index in [9.17, 15) is 24.9 Å². The van der Waals surface area contributed by atoms with E-state index in [1.165, 1.54) is 0 Å². The van der Waals surface area contributed by atoms with Crippen molar-refractivity contribution < 1.29 is 29.1 Å². The van der Waals surface area contributed by atoms with Crippen LogP contribution in [0.2, 0.25) is 0 Å². The Labute approximate surface area is 217 Å². The van der Waals surface area contributed by atoms with Crippen molar-refractivity contribution in [3.8, 4) is 6.07 Å². The molecule has 3 N–H and O–H groups in total. The third-order valence-electron chi connectivity index (χ3n) is 6.10. The van der Waals surface area contributed by atoms with Crippen LogP contribution in [0, 0.1) is 11.3 Å². The fourth-order valence-electron chi connectivity index (χ4n) is 4.24. The number of benzene rings is 2. The molecule has 0 aromatic heterocycles. The Balaban J connectivity index is 1.56. The standard InChI is InChI=1S/C27H32BN3O6/c1-19-17-36-18-20(2)31(19)26(32)24(16-29)14-23-10-6-9-22(13-23)11-12-37-27(33)30-25(28(34)35)15-21-7-4-3-5-8-21/h3-10,13-14,19-20,25,34-35H,11-12,15,17-18H2,1-2H3,(H,30,33)/t19-,20-,25?/m0/s1. The minimum atomic E-state index is -1.74. The highest BCUT2D eigenvalue weighted by Gasteiger charge is 2.31. The summed E-state index contributed by atoms with van der Waals surface area (Å²) >= 11 is 0. The maximum Gasteiger partial charge on any atom is 0.475 e. The molecule has 1 unspecified atom stereocenters. The summed E-state index contributed by atoms with van der Waals surface area (Å²) in [6.07, 6.45) is 1.44. The van der Waals surface area contributed by atoms with Gasteiger partial charge in [-0.2, -0.15) is 5.26 Å². The summed E-state index contributed by atoms with van der Waals surface area (Å²) in [6.45, 7) is 4.71. The van der Waals surface area contributed by atoms with E-state index in [1.54, 1.807) is 23.1 Å². The van der Waals surface area contributed by atoms with Gasteiger partial charge in [0.1, 0.15) is 11.6 Å². The predicted molar refractivity (Wildman–Crippen MR) is 139 cm³/mol. The number of nitrogens with one attached hydrogen (secondary N) is 1. The quantitative estimate of drug-likeness (QED) is 0.270. The summed E-state index contributed by atoms with van der Waals surface area (Å²) in [4.78, 5) is 26.9. The van der Waals surface area contributed by atoms with E-state index in [4.69, 9.17) is 9.47 Å². The maximum atomic E-state index is 13.0. The largest absolute Gasteiger partial charge is 0.475 e. The zero-order valence-corrected chi connectivity index (χ0v) is 21.0. The molecule has 2 aromatic carbocycles. The van der Waals surface area contributed by atoms with Gasteiger partial charge in [-0.05, 0) is 43.0 Å². The Morgan fingerprint density at radius 1 is 1.16 bits per heavy atom. The first-order valence-electron chi connectivity index (χ1n) is 12.2. The first kappa shape index (κ1) is 27.9. The van der Waals surface area contributed by atoms with Gasteiger partial charge in [-0.15, -0.1) is 0 Å². The normalized spacial score (nSPS) is 18.5. The van der Waals surface area contributed by atoms with E-state index in [1.807, 2.05) is 62.4 Å². The molecule has 1 aliphatic rings. The van der Waals surface area contributed by atoms with Gasteiger partial charge >= 0.3 is 13.2 Å². The number of carbonyl (C=O) groups is 2. The van der Waals surface area contributed by atoms with Crippen LogP contribution in [0.15, 0.2) is 60.2 Å². The van der Waals surface area contributed by atoms with Crippen LogP contribution in [0.3, 0.4) is 0 Å². The summed E-state index contributed by atoms with van der Waals surface area (Å²) in [7, 11) is -1.74. The van der Waals surface area contributed by atoms with Gasteiger partial charge < -0.3 is 29.7 Å². The molecule has 194 valence electrons. The number of nitrogens with zero attached hydrogens (tertiary/aromatic N) is 2. The summed E-state index contributed by atoms with van der Waals surface area (Å²) in [5, 5.41) is 31.4. The Bertz CT molecular complexity index is 1120. The van der Waals surface area contributed by atoms with E-state index < -0.39 is 19.2 Å². The highest BCUT2D eigenvalue weighted by atomic mass is 16.5. The van der Waals surface area contributed by atoms with Crippen LogP contribution in [0.5, 0.6) is 0 Å². The molecule has 3 rings (SSSR count). The van der Waals surface area contributed by atoms with Crippen molar-refractivity contribution in [2.24, 2.45) is 0 Å². The van der Waals surface area contributed by atoms with Gasteiger partial charge in [-0.3, -0.25) is 4.79 Å². The summed E-state index contributed by atoms with van der Waals surface area (Å²) < 4.78 is 10.7. The molecule has 1 aliphatic heterocycles. The molecule has 0 bridgehead atoms. The molecular formula is C27H32BN3O6. The first-order valence-corrected chi connectivity index (χ1v) is 12.2. The molecule has 9 nitrogen and oxygen atoms in total. The van der Waals surface area contributed by atoms with Crippen molar-refractivity contribution in [2.75, 3.05) is 19.8 Å². The minimum Gasteiger partial charge on any atom is -0.449 e. The minimum absolute atomic E-state index is 0.0420. The van der Waals surface area contributed by atoms with Gasteiger partial charge in [0.25, 0.3) is 5.91 Å². The van der Waals surface area contributed by atoms with Gasteiger partial charge in [0.2, 0.25) is 0 Å². The third kappa shape index (κ3) is 8.18. The number of hydrogen-bond donors (Lipinski definition) is 3.